The van der Waals surface area contributed by atoms with E-state index >= 15 is 0 Å². The molecule has 0 unspecified atom stereocenters. The largest absolute Gasteiger partial charge is 0.340 e. The Labute approximate surface area is 158 Å². The van der Waals surface area contributed by atoms with Crippen molar-refractivity contribution in [2.24, 2.45) is 0 Å². The van der Waals surface area contributed by atoms with Gasteiger partial charge in [-0.15, -0.1) is 0 Å². The van der Waals surface area contributed by atoms with Crippen LogP contribution in [0.15, 0.2) is 24.3 Å². The number of carbonyl (C=O) groups excluding carboxylic acids is 3. The Balaban J connectivity index is 1.54. The summed E-state index contributed by atoms with van der Waals surface area (Å²) in [6.45, 7) is 1.03. The molecule has 0 bridgehead atoms. The third-order valence-electron chi connectivity index (χ3n) is 4.81. The molecule has 0 saturated carbocycles. The van der Waals surface area contributed by atoms with Gasteiger partial charge in [0.1, 0.15) is 0 Å². The number of nitrogens with zero attached hydrogens (tertiary/aromatic N) is 4. The SMILES string of the molecule is CN(C)S(=O)(=O)N1CCN(C(=O)CCN2C(=O)c3ccccc3C2=O)CC1. The van der Waals surface area contributed by atoms with Gasteiger partial charge in [-0.2, -0.15) is 17.0 Å². The number of fused-ring (bicyclic) bond motifs is 1. The molecule has 27 heavy (non-hydrogen) atoms. The van der Waals surface area contributed by atoms with E-state index in [9.17, 15) is 22.8 Å². The normalized spacial score (nSPS) is 18.3. The van der Waals surface area contributed by atoms with E-state index in [1.807, 2.05) is 0 Å². The minimum Gasteiger partial charge on any atom is -0.340 e. The van der Waals surface area contributed by atoms with Gasteiger partial charge in [0.25, 0.3) is 22.0 Å². The summed E-state index contributed by atoms with van der Waals surface area (Å²) in [6.07, 6.45) is 0.0197. The van der Waals surface area contributed by atoms with Gasteiger partial charge in [0, 0.05) is 53.2 Å². The fourth-order valence-corrected chi connectivity index (χ4v) is 4.29. The van der Waals surface area contributed by atoms with Gasteiger partial charge in [0.05, 0.1) is 11.1 Å². The van der Waals surface area contributed by atoms with Gasteiger partial charge in [-0.25, -0.2) is 0 Å². The Morgan fingerprint density at radius 2 is 1.52 bits per heavy atom. The van der Waals surface area contributed by atoms with E-state index in [4.69, 9.17) is 0 Å². The second-order valence-corrected chi connectivity index (χ2v) is 8.77. The molecule has 0 radical (unpaired) electrons. The Hall–Kier alpha value is -2.30. The monoisotopic (exact) mass is 394 g/mol. The van der Waals surface area contributed by atoms with Crippen LogP contribution in [0.5, 0.6) is 0 Å². The lowest BCUT2D eigenvalue weighted by Gasteiger charge is -2.35. The number of rotatable bonds is 5. The van der Waals surface area contributed by atoms with Crippen LogP contribution < -0.4 is 0 Å². The summed E-state index contributed by atoms with van der Waals surface area (Å²) in [5, 5.41) is 0. The molecule has 1 aromatic carbocycles. The first-order valence-electron chi connectivity index (χ1n) is 8.64. The van der Waals surface area contributed by atoms with E-state index in [1.54, 1.807) is 29.2 Å². The third kappa shape index (κ3) is 3.60. The van der Waals surface area contributed by atoms with Crippen molar-refractivity contribution >= 4 is 27.9 Å². The molecule has 10 heteroatoms. The fourth-order valence-electron chi connectivity index (χ4n) is 3.21. The molecule has 3 rings (SSSR count). The van der Waals surface area contributed by atoms with Crippen LogP contribution in [-0.4, -0.2) is 91.4 Å². The number of hydrogen-bond donors (Lipinski definition) is 0. The van der Waals surface area contributed by atoms with Crippen LogP contribution in [0, 0.1) is 0 Å². The summed E-state index contributed by atoms with van der Waals surface area (Å²) >= 11 is 0. The fraction of sp³-hybridized carbons (Fsp3) is 0.471. The van der Waals surface area contributed by atoms with Gasteiger partial charge in [-0.3, -0.25) is 19.3 Å². The predicted molar refractivity (Wildman–Crippen MR) is 97.2 cm³/mol. The first kappa shape index (κ1) is 19.5. The van der Waals surface area contributed by atoms with Gasteiger partial charge < -0.3 is 4.90 Å². The molecule has 0 aromatic heterocycles. The first-order valence-corrected chi connectivity index (χ1v) is 10.0. The van der Waals surface area contributed by atoms with Crippen molar-refractivity contribution in [3.63, 3.8) is 0 Å². The van der Waals surface area contributed by atoms with Crippen molar-refractivity contribution in [1.29, 1.82) is 0 Å². The zero-order valence-corrected chi connectivity index (χ0v) is 16.1. The lowest BCUT2D eigenvalue weighted by Crippen LogP contribution is -2.53. The molecule has 2 aliphatic rings. The third-order valence-corrected chi connectivity index (χ3v) is 6.75. The number of amides is 3. The number of imide groups is 1. The summed E-state index contributed by atoms with van der Waals surface area (Å²) in [7, 11) is -0.554. The highest BCUT2D eigenvalue weighted by molar-refractivity contribution is 7.86. The molecule has 146 valence electrons. The van der Waals surface area contributed by atoms with E-state index < -0.39 is 10.2 Å². The zero-order chi connectivity index (χ0) is 19.8. The quantitative estimate of drug-likeness (QED) is 0.634. The lowest BCUT2D eigenvalue weighted by molar-refractivity contribution is -0.132. The second-order valence-electron chi connectivity index (χ2n) is 6.63. The zero-order valence-electron chi connectivity index (χ0n) is 15.3. The van der Waals surface area contributed by atoms with Gasteiger partial charge >= 0.3 is 0 Å². The molecule has 0 spiro atoms. The minimum atomic E-state index is -3.49. The van der Waals surface area contributed by atoms with Crippen molar-refractivity contribution < 1.29 is 22.8 Å². The van der Waals surface area contributed by atoms with Gasteiger partial charge in [0.2, 0.25) is 5.91 Å². The number of hydrogen-bond acceptors (Lipinski definition) is 5. The highest BCUT2D eigenvalue weighted by Crippen LogP contribution is 2.22. The average Bonchev–Trinajstić information content (AvgIpc) is 2.90. The van der Waals surface area contributed by atoms with Crippen molar-refractivity contribution in [1.82, 2.24) is 18.4 Å². The van der Waals surface area contributed by atoms with Crippen molar-refractivity contribution in [3.05, 3.63) is 35.4 Å². The molecule has 2 aliphatic heterocycles. The van der Waals surface area contributed by atoms with Crippen LogP contribution in [0.25, 0.3) is 0 Å². The topological polar surface area (TPSA) is 98.3 Å². The summed E-state index contributed by atoms with van der Waals surface area (Å²) in [4.78, 5) is 39.7. The lowest BCUT2D eigenvalue weighted by atomic mass is 10.1. The van der Waals surface area contributed by atoms with E-state index in [0.717, 1.165) is 9.21 Å². The van der Waals surface area contributed by atoms with Crippen molar-refractivity contribution in [2.45, 2.75) is 6.42 Å². The Kier molecular flexibility index (Phi) is 5.31. The van der Waals surface area contributed by atoms with Crippen LogP contribution >= 0.6 is 0 Å². The smallest absolute Gasteiger partial charge is 0.281 e. The predicted octanol–water partition coefficient (Wildman–Crippen LogP) is -0.377. The van der Waals surface area contributed by atoms with Gasteiger partial charge in [-0.1, -0.05) is 12.1 Å². The summed E-state index contributed by atoms with van der Waals surface area (Å²) in [6, 6.07) is 6.59. The maximum absolute atomic E-state index is 12.4. The molecular formula is C17H22N4O5S. The Morgan fingerprint density at radius 3 is 2.00 bits per heavy atom. The Bertz CT molecular complexity index is 840. The van der Waals surface area contributed by atoms with E-state index in [1.165, 1.54) is 18.4 Å². The number of piperazine rings is 1. The average molecular weight is 394 g/mol. The number of benzene rings is 1. The molecule has 1 fully saturated rings. The van der Waals surface area contributed by atoms with Crippen LogP contribution in [-0.2, 0) is 15.0 Å². The molecular weight excluding hydrogens is 372 g/mol. The molecule has 1 saturated heterocycles. The van der Waals surface area contributed by atoms with Gasteiger partial charge in [0.15, 0.2) is 0 Å². The number of carbonyl (C=O) groups is 3. The molecule has 9 nitrogen and oxygen atoms in total. The molecule has 2 heterocycles. The first-order chi connectivity index (χ1) is 12.7. The Morgan fingerprint density at radius 1 is 1.00 bits per heavy atom. The highest BCUT2D eigenvalue weighted by Gasteiger charge is 2.36. The van der Waals surface area contributed by atoms with Crippen LogP contribution in [0.2, 0.25) is 0 Å². The molecule has 0 atom stereocenters. The maximum Gasteiger partial charge on any atom is 0.281 e. The molecule has 3 amide bonds. The van der Waals surface area contributed by atoms with E-state index in [0.29, 0.717) is 11.1 Å². The molecule has 0 N–H and O–H groups in total. The standard InChI is InChI=1S/C17H22N4O5S/c1-18(2)27(25,26)20-11-9-19(10-12-20)15(22)7-8-21-16(23)13-5-3-4-6-14(13)17(21)24/h3-6H,7-12H2,1-2H3. The van der Waals surface area contributed by atoms with E-state index in [-0.39, 0.29) is 56.9 Å². The van der Waals surface area contributed by atoms with Crippen LogP contribution in [0.1, 0.15) is 27.1 Å². The van der Waals surface area contributed by atoms with Crippen molar-refractivity contribution in [3.8, 4) is 0 Å². The van der Waals surface area contributed by atoms with Crippen LogP contribution in [0.3, 0.4) is 0 Å². The van der Waals surface area contributed by atoms with Crippen LogP contribution in [0.4, 0.5) is 0 Å². The second kappa shape index (κ2) is 7.37. The molecule has 1 aromatic rings. The maximum atomic E-state index is 12.4. The molecule has 0 aliphatic carbocycles. The van der Waals surface area contributed by atoms with Crippen molar-refractivity contribution in [2.75, 3.05) is 46.8 Å². The van der Waals surface area contributed by atoms with Gasteiger partial charge in [-0.05, 0) is 12.1 Å². The highest BCUT2D eigenvalue weighted by atomic mass is 32.2. The van der Waals surface area contributed by atoms with E-state index in [2.05, 4.69) is 0 Å². The summed E-state index contributed by atoms with van der Waals surface area (Å²) < 4.78 is 26.7. The summed E-state index contributed by atoms with van der Waals surface area (Å²) in [5.74, 6) is -0.968. The summed E-state index contributed by atoms with van der Waals surface area (Å²) in [5.41, 5.74) is 0.718. The minimum absolute atomic E-state index is 0.0153.